The van der Waals surface area contributed by atoms with Gasteiger partial charge in [-0.05, 0) is 31.1 Å². The predicted octanol–water partition coefficient (Wildman–Crippen LogP) is 3.06. The van der Waals surface area contributed by atoms with Gasteiger partial charge in [-0.3, -0.25) is 9.79 Å². The first-order chi connectivity index (χ1) is 7.89. The van der Waals surface area contributed by atoms with Crippen LogP contribution in [0.25, 0.3) is 0 Å². The van der Waals surface area contributed by atoms with Crippen LogP contribution >= 0.6 is 0 Å². The Hall–Kier alpha value is -1.12. The molecule has 1 saturated carbocycles. The molecule has 0 aliphatic heterocycles. The molecule has 0 amide bonds. The van der Waals surface area contributed by atoms with Gasteiger partial charge in [-0.2, -0.15) is 0 Å². The van der Waals surface area contributed by atoms with E-state index in [4.69, 9.17) is 0 Å². The third-order valence-electron chi connectivity index (χ3n) is 3.64. The highest BCUT2D eigenvalue weighted by atomic mass is 16.3. The van der Waals surface area contributed by atoms with Gasteiger partial charge in [-0.1, -0.05) is 13.8 Å². The Balaban J connectivity index is 2.11. The second-order valence-electron chi connectivity index (χ2n) is 6.16. The van der Waals surface area contributed by atoms with E-state index in [0.717, 1.165) is 0 Å². The molecule has 0 bridgehead atoms. The number of ketones is 1. The molecule has 0 heterocycles. The van der Waals surface area contributed by atoms with E-state index in [1.165, 1.54) is 12.8 Å². The van der Waals surface area contributed by atoms with Crippen molar-refractivity contribution in [1.82, 2.24) is 0 Å². The van der Waals surface area contributed by atoms with Crippen LogP contribution in [-0.2, 0) is 4.79 Å². The van der Waals surface area contributed by atoms with Crippen molar-refractivity contribution in [2.24, 2.45) is 16.3 Å². The van der Waals surface area contributed by atoms with Crippen LogP contribution in [0.1, 0.15) is 46.5 Å². The van der Waals surface area contributed by atoms with Crippen molar-refractivity contribution in [3.63, 3.8) is 0 Å². The molecule has 0 aromatic carbocycles. The third-order valence-corrected chi connectivity index (χ3v) is 3.64. The van der Waals surface area contributed by atoms with Crippen LogP contribution in [0.5, 0.6) is 0 Å². The standard InChI is InChI=1S/C14H21NO2/c1-9(10-4-5-10)15-8-11-12(16)6-14(2,3)7-13(11)17/h8-10,16H,4-7H2,1-3H3. The van der Waals surface area contributed by atoms with Crippen LogP contribution in [0.2, 0.25) is 0 Å². The van der Waals surface area contributed by atoms with E-state index in [-0.39, 0.29) is 23.0 Å². The van der Waals surface area contributed by atoms with E-state index in [1.54, 1.807) is 6.21 Å². The Morgan fingerprint density at radius 1 is 1.41 bits per heavy atom. The Labute approximate surface area is 103 Å². The van der Waals surface area contributed by atoms with Crippen molar-refractivity contribution in [2.45, 2.75) is 52.5 Å². The summed E-state index contributed by atoms with van der Waals surface area (Å²) in [6.07, 6.45) is 5.14. The lowest BCUT2D eigenvalue weighted by molar-refractivity contribution is -0.117. The fourth-order valence-corrected chi connectivity index (χ4v) is 2.34. The van der Waals surface area contributed by atoms with Crippen LogP contribution < -0.4 is 0 Å². The van der Waals surface area contributed by atoms with Gasteiger partial charge in [0.2, 0.25) is 0 Å². The molecular weight excluding hydrogens is 214 g/mol. The Morgan fingerprint density at radius 3 is 2.59 bits per heavy atom. The topological polar surface area (TPSA) is 49.7 Å². The van der Waals surface area contributed by atoms with E-state index in [0.29, 0.717) is 24.3 Å². The van der Waals surface area contributed by atoms with Crippen molar-refractivity contribution in [1.29, 1.82) is 0 Å². The number of hydrogen-bond donors (Lipinski definition) is 1. The lowest BCUT2D eigenvalue weighted by Gasteiger charge is -2.28. The van der Waals surface area contributed by atoms with Crippen LogP contribution in [0.3, 0.4) is 0 Å². The monoisotopic (exact) mass is 235 g/mol. The summed E-state index contributed by atoms with van der Waals surface area (Å²) in [5.74, 6) is 0.910. The summed E-state index contributed by atoms with van der Waals surface area (Å²) in [4.78, 5) is 16.3. The average molecular weight is 235 g/mol. The number of aliphatic hydroxyl groups is 1. The molecule has 1 unspecified atom stereocenters. The van der Waals surface area contributed by atoms with E-state index in [2.05, 4.69) is 11.9 Å². The van der Waals surface area contributed by atoms with Gasteiger partial charge in [0, 0.05) is 25.1 Å². The molecule has 94 valence electrons. The number of rotatable bonds is 3. The van der Waals surface area contributed by atoms with Gasteiger partial charge in [-0.15, -0.1) is 0 Å². The van der Waals surface area contributed by atoms with Crippen LogP contribution in [0, 0.1) is 11.3 Å². The van der Waals surface area contributed by atoms with Gasteiger partial charge in [-0.25, -0.2) is 0 Å². The highest BCUT2D eigenvalue weighted by Crippen LogP contribution is 2.36. The molecule has 3 heteroatoms. The quantitative estimate of drug-likeness (QED) is 0.764. The minimum atomic E-state index is -0.124. The summed E-state index contributed by atoms with van der Waals surface area (Å²) in [5, 5.41) is 9.91. The van der Waals surface area contributed by atoms with Gasteiger partial charge >= 0.3 is 0 Å². The van der Waals surface area contributed by atoms with Crippen molar-refractivity contribution >= 4 is 12.0 Å². The second kappa shape index (κ2) is 4.28. The molecule has 17 heavy (non-hydrogen) atoms. The lowest BCUT2D eigenvalue weighted by atomic mass is 9.77. The highest BCUT2D eigenvalue weighted by Gasteiger charge is 2.32. The fourth-order valence-electron chi connectivity index (χ4n) is 2.34. The van der Waals surface area contributed by atoms with E-state index in [9.17, 15) is 9.90 Å². The third kappa shape index (κ3) is 2.96. The van der Waals surface area contributed by atoms with Gasteiger partial charge < -0.3 is 5.11 Å². The van der Waals surface area contributed by atoms with Crippen molar-refractivity contribution in [2.75, 3.05) is 0 Å². The summed E-state index contributed by atoms with van der Waals surface area (Å²) in [5.41, 5.74) is 0.303. The van der Waals surface area contributed by atoms with Gasteiger partial charge in [0.15, 0.2) is 5.78 Å². The number of carbonyl (C=O) groups excluding carboxylic acids is 1. The number of hydrogen-bond acceptors (Lipinski definition) is 3. The highest BCUT2D eigenvalue weighted by molar-refractivity contribution is 6.14. The second-order valence-corrected chi connectivity index (χ2v) is 6.16. The molecule has 0 saturated heterocycles. The summed E-state index contributed by atoms with van der Waals surface area (Å²) >= 11 is 0. The maximum atomic E-state index is 11.9. The molecule has 1 fully saturated rings. The Kier molecular flexibility index (Phi) is 3.11. The zero-order chi connectivity index (χ0) is 12.6. The first-order valence-corrected chi connectivity index (χ1v) is 6.37. The first-order valence-electron chi connectivity index (χ1n) is 6.37. The summed E-state index contributed by atoms with van der Waals surface area (Å²) in [6.45, 7) is 6.08. The summed E-state index contributed by atoms with van der Waals surface area (Å²) in [7, 11) is 0. The lowest BCUT2D eigenvalue weighted by Crippen LogP contribution is -2.26. The summed E-state index contributed by atoms with van der Waals surface area (Å²) < 4.78 is 0. The van der Waals surface area contributed by atoms with Crippen LogP contribution in [0.4, 0.5) is 0 Å². The zero-order valence-electron chi connectivity index (χ0n) is 10.9. The van der Waals surface area contributed by atoms with Crippen molar-refractivity contribution in [3.05, 3.63) is 11.3 Å². The van der Waals surface area contributed by atoms with Gasteiger partial charge in [0.05, 0.1) is 5.57 Å². The van der Waals surface area contributed by atoms with Crippen LogP contribution in [0.15, 0.2) is 16.3 Å². The Bertz CT molecular complexity index is 389. The largest absolute Gasteiger partial charge is 0.511 e. The number of aliphatic hydroxyl groups excluding tert-OH is 1. The molecule has 2 aliphatic rings. The number of nitrogens with zero attached hydrogens (tertiary/aromatic N) is 1. The molecular formula is C14H21NO2. The Morgan fingerprint density at radius 2 is 2.06 bits per heavy atom. The minimum absolute atomic E-state index is 0.0190. The number of aliphatic imine (C=N–C) groups is 1. The molecule has 0 aromatic heterocycles. The number of Topliss-reactive ketones (excluding diaryl/α,β-unsaturated/α-hetero) is 1. The molecule has 0 aromatic rings. The SMILES string of the molecule is CC(N=CC1=C(O)CC(C)(C)CC1=O)C1CC1. The minimum Gasteiger partial charge on any atom is -0.511 e. The van der Waals surface area contributed by atoms with E-state index in [1.807, 2.05) is 13.8 Å². The fraction of sp³-hybridized carbons (Fsp3) is 0.714. The van der Waals surface area contributed by atoms with Gasteiger partial charge in [0.25, 0.3) is 0 Å². The zero-order valence-corrected chi connectivity index (χ0v) is 10.9. The predicted molar refractivity (Wildman–Crippen MR) is 68.4 cm³/mol. The van der Waals surface area contributed by atoms with E-state index < -0.39 is 0 Å². The summed E-state index contributed by atoms with van der Waals surface area (Å²) in [6, 6.07) is 0.276. The average Bonchev–Trinajstić information content (AvgIpc) is 2.96. The van der Waals surface area contributed by atoms with Crippen molar-refractivity contribution in [3.8, 4) is 0 Å². The smallest absolute Gasteiger partial charge is 0.168 e. The molecule has 1 atom stereocenters. The molecule has 3 nitrogen and oxygen atoms in total. The molecule has 1 N–H and O–H groups in total. The van der Waals surface area contributed by atoms with Gasteiger partial charge in [0.1, 0.15) is 5.76 Å². The van der Waals surface area contributed by atoms with Crippen LogP contribution in [-0.4, -0.2) is 23.1 Å². The normalized spacial score (nSPS) is 26.6. The molecule has 2 aliphatic carbocycles. The van der Waals surface area contributed by atoms with Crippen molar-refractivity contribution < 1.29 is 9.90 Å². The molecule has 2 rings (SSSR count). The molecule has 0 spiro atoms. The van der Waals surface area contributed by atoms with E-state index >= 15 is 0 Å². The maximum absolute atomic E-state index is 11.9. The number of carbonyl (C=O) groups is 1. The molecule has 0 radical (unpaired) electrons. The number of allylic oxidation sites excluding steroid dienone is 2. The first kappa shape index (κ1) is 12.3. The maximum Gasteiger partial charge on any atom is 0.168 e.